The molecule has 47 heavy (non-hydrogen) atoms. The van der Waals surface area contributed by atoms with Crippen molar-refractivity contribution in [2.24, 2.45) is 5.41 Å². The third-order valence-electron chi connectivity index (χ3n) is 7.80. The second-order valence-corrected chi connectivity index (χ2v) is 13.2. The van der Waals surface area contributed by atoms with Crippen molar-refractivity contribution in [2.45, 2.75) is 54.4 Å². The van der Waals surface area contributed by atoms with Crippen LogP contribution in [0.3, 0.4) is 0 Å². The molecule has 0 aliphatic heterocycles. The Morgan fingerprint density at radius 1 is 0.723 bits per heavy atom. The van der Waals surface area contributed by atoms with Crippen LogP contribution in [0.2, 0.25) is 0 Å². The summed E-state index contributed by atoms with van der Waals surface area (Å²) in [4.78, 5) is 13.8. The fourth-order valence-corrected chi connectivity index (χ4v) is 5.67. The van der Waals surface area contributed by atoms with Crippen molar-refractivity contribution in [3.05, 3.63) is 149 Å². The molecule has 0 bridgehead atoms. The molecule has 0 atom stereocenters. The Hall–Kier alpha value is -4.44. The molecule has 0 spiro atoms. The predicted octanol–water partition coefficient (Wildman–Crippen LogP) is 10.5. The quantitative estimate of drug-likeness (QED) is 0.163. The molecule has 7 rings (SSSR count). The molecule has 0 amide bonds. The first-order valence-corrected chi connectivity index (χ1v) is 15.8. The molecule has 1 radical (unpaired) electrons. The fraction of sp³-hybridized carbons (Fsp3) is 0.214. The number of aryl methyl sites for hydroxylation is 3. The fourth-order valence-electron chi connectivity index (χ4n) is 5.67. The van der Waals surface area contributed by atoms with Gasteiger partial charge in [-0.25, -0.2) is 0 Å². The van der Waals surface area contributed by atoms with Crippen LogP contribution >= 0.6 is 0 Å². The standard InChI is InChI=1S/C29H27N2O.C13H12N.Ir/c1-19-15-24-22-11-8-12-23(25-17-21(13-14-30-25)18-29(2,3)4)27(22)32-28(24)26(31-19)16-20-9-6-5-7-10-20;1-10-3-6-12(7-4-10)13-8-5-11(2)9-14-13;/h5-11,13-15,17H,16,18H2,1-4H3;3-6,8-9H,1-2H3;/q2*-1;. The zero-order valence-corrected chi connectivity index (χ0v) is 30.2. The first-order chi connectivity index (χ1) is 22.1. The van der Waals surface area contributed by atoms with Crippen LogP contribution in [0, 0.1) is 38.3 Å². The topological polar surface area (TPSA) is 51.8 Å². The summed E-state index contributed by atoms with van der Waals surface area (Å²) < 4.78 is 6.50. The van der Waals surface area contributed by atoms with Crippen molar-refractivity contribution in [2.75, 3.05) is 0 Å². The summed E-state index contributed by atoms with van der Waals surface area (Å²) >= 11 is 0. The van der Waals surface area contributed by atoms with E-state index in [4.69, 9.17) is 9.40 Å². The monoisotopic (exact) mass is 794 g/mol. The number of hydrogen-bond donors (Lipinski definition) is 0. The van der Waals surface area contributed by atoms with Crippen LogP contribution in [-0.2, 0) is 32.9 Å². The third kappa shape index (κ3) is 8.29. The van der Waals surface area contributed by atoms with E-state index >= 15 is 0 Å². The van der Waals surface area contributed by atoms with E-state index < -0.39 is 0 Å². The van der Waals surface area contributed by atoms with Crippen molar-refractivity contribution in [3.8, 4) is 22.5 Å². The van der Waals surface area contributed by atoms with Gasteiger partial charge < -0.3 is 14.4 Å². The smallest absolute Gasteiger partial charge is 0.142 e. The van der Waals surface area contributed by atoms with Gasteiger partial charge in [-0.1, -0.05) is 92.7 Å². The zero-order valence-electron chi connectivity index (χ0n) is 27.8. The molecular formula is C42H39IrN3O-2. The van der Waals surface area contributed by atoms with Gasteiger partial charge in [0.05, 0.1) is 11.3 Å². The summed E-state index contributed by atoms with van der Waals surface area (Å²) in [7, 11) is 0. The van der Waals surface area contributed by atoms with Gasteiger partial charge in [0, 0.05) is 50.0 Å². The molecule has 0 unspecified atom stereocenters. The maximum atomic E-state index is 6.50. The molecule has 0 aliphatic rings. The van der Waals surface area contributed by atoms with Gasteiger partial charge in [0.15, 0.2) is 0 Å². The van der Waals surface area contributed by atoms with Crippen molar-refractivity contribution >= 4 is 21.9 Å². The summed E-state index contributed by atoms with van der Waals surface area (Å²) in [6, 6.07) is 37.6. The number of hydrogen-bond acceptors (Lipinski definition) is 4. The summed E-state index contributed by atoms with van der Waals surface area (Å²) in [6.07, 6.45) is 5.49. The maximum absolute atomic E-state index is 6.50. The van der Waals surface area contributed by atoms with Crippen LogP contribution in [0.15, 0.2) is 108 Å². The molecule has 0 aliphatic carbocycles. The van der Waals surface area contributed by atoms with Gasteiger partial charge in [-0.05, 0) is 60.3 Å². The number of furan rings is 1. The SMILES string of the molecule is Cc1c[c-]c(-c2ccc(C)cn2)cc1.Cc1cc2c(oc3c(-c4cc(CC(C)(C)C)ccn4)[c-]ccc32)c(Cc2ccccc2)n1.[Ir]. The van der Waals surface area contributed by atoms with Gasteiger partial charge in [-0.3, -0.25) is 4.98 Å². The minimum atomic E-state index is 0. The molecule has 4 nitrogen and oxygen atoms in total. The number of nitrogens with zero attached hydrogens (tertiary/aromatic N) is 3. The molecule has 5 heteroatoms. The van der Waals surface area contributed by atoms with Crippen molar-refractivity contribution in [1.29, 1.82) is 0 Å². The molecule has 239 valence electrons. The molecule has 0 saturated heterocycles. The van der Waals surface area contributed by atoms with E-state index in [1.165, 1.54) is 22.3 Å². The van der Waals surface area contributed by atoms with Gasteiger partial charge >= 0.3 is 0 Å². The van der Waals surface area contributed by atoms with Crippen LogP contribution < -0.4 is 0 Å². The van der Waals surface area contributed by atoms with Crippen LogP contribution in [0.25, 0.3) is 44.5 Å². The molecule has 4 aromatic heterocycles. The van der Waals surface area contributed by atoms with E-state index in [0.29, 0.717) is 0 Å². The molecular weight excluding hydrogens is 755 g/mol. The number of rotatable bonds is 5. The molecule has 0 N–H and O–H groups in total. The molecule has 7 aromatic rings. The Labute approximate surface area is 291 Å². The van der Waals surface area contributed by atoms with Crippen molar-refractivity contribution in [3.63, 3.8) is 0 Å². The molecule has 4 heterocycles. The van der Waals surface area contributed by atoms with Crippen molar-refractivity contribution < 1.29 is 24.5 Å². The first-order valence-electron chi connectivity index (χ1n) is 15.8. The minimum absolute atomic E-state index is 0. The van der Waals surface area contributed by atoms with E-state index in [9.17, 15) is 0 Å². The van der Waals surface area contributed by atoms with Gasteiger partial charge in [0.25, 0.3) is 0 Å². The Bertz CT molecular complexity index is 2050. The first kappa shape index (κ1) is 33.9. The summed E-state index contributed by atoms with van der Waals surface area (Å²) in [5.74, 6) is 0. The Kier molecular flexibility index (Phi) is 10.5. The second-order valence-electron chi connectivity index (χ2n) is 13.2. The van der Waals surface area contributed by atoms with Crippen molar-refractivity contribution in [1.82, 2.24) is 15.0 Å². The number of fused-ring (bicyclic) bond motifs is 3. The summed E-state index contributed by atoms with van der Waals surface area (Å²) in [5, 5.41) is 2.18. The average Bonchev–Trinajstić information content (AvgIpc) is 3.41. The molecule has 0 saturated carbocycles. The largest absolute Gasteiger partial charge is 0.499 e. The number of benzene rings is 3. The minimum Gasteiger partial charge on any atom is -0.499 e. The van der Waals surface area contributed by atoms with E-state index in [-0.39, 0.29) is 25.5 Å². The molecule has 0 fully saturated rings. The Morgan fingerprint density at radius 3 is 2.21 bits per heavy atom. The normalized spacial score (nSPS) is 11.2. The zero-order chi connectivity index (χ0) is 32.3. The van der Waals surface area contributed by atoms with E-state index in [1.54, 1.807) is 0 Å². The van der Waals surface area contributed by atoms with Gasteiger partial charge in [-0.2, -0.15) is 0 Å². The van der Waals surface area contributed by atoms with Crippen LogP contribution in [0.1, 0.15) is 54.4 Å². The third-order valence-corrected chi connectivity index (χ3v) is 7.80. The predicted molar refractivity (Wildman–Crippen MR) is 189 cm³/mol. The summed E-state index contributed by atoms with van der Waals surface area (Å²) in [5.41, 5.74) is 12.6. The summed E-state index contributed by atoms with van der Waals surface area (Å²) in [6.45, 7) is 12.9. The Morgan fingerprint density at radius 2 is 1.51 bits per heavy atom. The second kappa shape index (κ2) is 14.5. The average molecular weight is 794 g/mol. The van der Waals surface area contributed by atoms with E-state index in [1.807, 2.05) is 56.6 Å². The van der Waals surface area contributed by atoms with E-state index in [0.717, 1.165) is 68.7 Å². The number of aromatic nitrogens is 3. The maximum Gasteiger partial charge on any atom is 0.142 e. The van der Waals surface area contributed by atoms with Gasteiger partial charge in [0.2, 0.25) is 0 Å². The number of pyridine rings is 3. The Balaban J connectivity index is 0.000000243. The van der Waals surface area contributed by atoms with Crippen LogP contribution in [0.5, 0.6) is 0 Å². The van der Waals surface area contributed by atoms with Crippen LogP contribution in [-0.4, -0.2) is 15.0 Å². The molecule has 3 aromatic carbocycles. The van der Waals surface area contributed by atoms with Gasteiger partial charge in [0.1, 0.15) is 5.58 Å². The van der Waals surface area contributed by atoms with Crippen LogP contribution in [0.4, 0.5) is 0 Å². The van der Waals surface area contributed by atoms with E-state index in [2.05, 4.69) is 110 Å². The van der Waals surface area contributed by atoms with Gasteiger partial charge in [-0.15, -0.1) is 53.6 Å².